The number of rotatable bonds is 7. The highest BCUT2D eigenvalue weighted by atomic mass is 79.9. The predicted octanol–water partition coefficient (Wildman–Crippen LogP) is 2.44. The topological polar surface area (TPSA) is 75.6 Å². The van der Waals surface area contributed by atoms with Crippen LogP contribution >= 0.6 is 15.9 Å². The van der Waals surface area contributed by atoms with E-state index in [-0.39, 0.29) is 0 Å². The van der Waals surface area contributed by atoms with Crippen molar-refractivity contribution in [3.05, 3.63) is 28.7 Å². The molecule has 0 aliphatic rings. The van der Waals surface area contributed by atoms with Crippen molar-refractivity contribution in [2.45, 2.75) is 31.9 Å². The third kappa shape index (κ3) is 5.66. The third-order valence-electron chi connectivity index (χ3n) is 2.54. The molecule has 0 aromatic heterocycles. The second-order valence-electron chi connectivity index (χ2n) is 4.22. The molecular formula is C13H14BrF2NO4. The number of carboxylic acid groups (broad SMARTS) is 1. The smallest absolute Gasteiger partial charge is 0.326 e. The van der Waals surface area contributed by atoms with Gasteiger partial charge in [-0.05, 0) is 35.0 Å². The van der Waals surface area contributed by atoms with Crippen molar-refractivity contribution in [2.24, 2.45) is 0 Å². The van der Waals surface area contributed by atoms with Crippen LogP contribution in [0.5, 0.6) is 5.75 Å². The summed E-state index contributed by atoms with van der Waals surface area (Å²) in [7, 11) is 0. The van der Waals surface area contributed by atoms with Gasteiger partial charge in [0.05, 0.1) is 4.47 Å². The Morgan fingerprint density at radius 2 is 2.00 bits per heavy atom. The molecule has 0 aliphatic carbocycles. The first-order chi connectivity index (χ1) is 9.81. The van der Waals surface area contributed by atoms with Gasteiger partial charge in [0.1, 0.15) is 11.8 Å². The van der Waals surface area contributed by atoms with E-state index in [0.717, 1.165) is 0 Å². The molecule has 2 unspecified atom stereocenters. The van der Waals surface area contributed by atoms with Gasteiger partial charge in [-0.3, -0.25) is 4.79 Å². The molecule has 1 aromatic rings. The molecule has 2 atom stereocenters. The molecule has 0 bridgehead atoms. The molecule has 2 N–H and O–H groups in total. The number of hydrogen-bond donors (Lipinski definition) is 2. The number of benzene rings is 1. The quantitative estimate of drug-likeness (QED) is 0.777. The maximum absolute atomic E-state index is 12.2. The monoisotopic (exact) mass is 365 g/mol. The molecule has 0 saturated heterocycles. The lowest BCUT2D eigenvalue weighted by Crippen LogP contribution is -2.47. The minimum absolute atomic E-state index is 0.390. The van der Waals surface area contributed by atoms with E-state index in [1.165, 1.54) is 6.92 Å². The molecule has 1 rings (SSSR count). The summed E-state index contributed by atoms with van der Waals surface area (Å²) < 4.78 is 30.5. The fraction of sp³-hybridized carbons (Fsp3) is 0.385. The van der Waals surface area contributed by atoms with E-state index in [2.05, 4.69) is 15.9 Å². The molecule has 116 valence electrons. The fourth-order valence-corrected chi connectivity index (χ4v) is 1.85. The largest absolute Gasteiger partial charge is 0.480 e. The normalized spacial score (nSPS) is 13.6. The number of aliphatic carboxylic acids is 1. The zero-order valence-corrected chi connectivity index (χ0v) is 12.6. The van der Waals surface area contributed by atoms with Gasteiger partial charge in [0.15, 0.2) is 6.10 Å². The van der Waals surface area contributed by atoms with Gasteiger partial charge in [-0.1, -0.05) is 12.1 Å². The first-order valence-corrected chi connectivity index (χ1v) is 6.83. The van der Waals surface area contributed by atoms with Crippen LogP contribution in [0.2, 0.25) is 0 Å². The van der Waals surface area contributed by atoms with Gasteiger partial charge in [0.2, 0.25) is 6.43 Å². The van der Waals surface area contributed by atoms with E-state index in [9.17, 15) is 18.4 Å². The molecule has 8 heteroatoms. The first-order valence-electron chi connectivity index (χ1n) is 6.03. The predicted molar refractivity (Wildman–Crippen MR) is 74.4 cm³/mol. The first kappa shape index (κ1) is 17.4. The van der Waals surface area contributed by atoms with Crippen molar-refractivity contribution in [1.29, 1.82) is 0 Å². The maximum atomic E-state index is 12.2. The number of carbonyl (C=O) groups excluding carboxylic acids is 1. The summed E-state index contributed by atoms with van der Waals surface area (Å²) in [4.78, 5) is 22.6. The summed E-state index contributed by atoms with van der Waals surface area (Å²) in [5.41, 5.74) is 0. The van der Waals surface area contributed by atoms with Crippen LogP contribution in [-0.4, -0.2) is 35.6 Å². The van der Waals surface area contributed by atoms with Crippen LogP contribution in [0, 0.1) is 0 Å². The Balaban J connectivity index is 2.65. The molecule has 1 amide bonds. The fourth-order valence-electron chi connectivity index (χ4n) is 1.47. The van der Waals surface area contributed by atoms with E-state index >= 15 is 0 Å². The van der Waals surface area contributed by atoms with Crippen molar-refractivity contribution < 1.29 is 28.2 Å². The summed E-state index contributed by atoms with van der Waals surface area (Å²) in [6, 6.07) is 5.12. The summed E-state index contributed by atoms with van der Waals surface area (Å²) in [6.45, 7) is 1.40. The van der Waals surface area contributed by atoms with Crippen molar-refractivity contribution in [3.63, 3.8) is 0 Å². The number of carboxylic acids is 1. The highest BCUT2D eigenvalue weighted by molar-refractivity contribution is 9.10. The van der Waals surface area contributed by atoms with Crippen LogP contribution in [0.3, 0.4) is 0 Å². The Bertz CT molecular complexity index is 513. The zero-order chi connectivity index (χ0) is 16.0. The molecule has 0 saturated carbocycles. The average molecular weight is 366 g/mol. The summed E-state index contributed by atoms with van der Waals surface area (Å²) in [6.07, 6.45) is -4.81. The Kier molecular flexibility index (Phi) is 6.54. The maximum Gasteiger partial charge on any atom is 0.326 e. The molecule has 0 heterocycles. The molecule has 0 fully saturated rings. The molecule has 1 aromatic carbocycles. The number of nitrogens with one attached hydrogen (secondary N) is 1. The number of ether oxygens (including phenoxy) is 1. The average Bonchev–Trinajstić information content (AvgIpc) is 2.39. The van der Waals surface area contributed by atoms with E-state index < -0.39 is 36.9 Å². The lowest BCUT2D eigenvalue weighted by atomic mass is 10.2. The highest BCUT2D eigenvalue weighted by Gasteiger charge is 2.27. The second kappa shape index (κ2) is 7.92. The Labute approximate surface area is 128 Å². The van der Waals surface area contributed by atoms with Gasteiger partial charge < -0.3 is 15.2 Å². The number of carbonyl (C=O) groups is 2. The van der Waals surface area contributed by atoms with Gasteiger partial charge in [-0.2, -0.15) is 0 Å². The van der Waals surface area contributed by atoms with Gasteiger partial charge in [0, 0.05) is 6.42 Å². The molecule has 0 spiro atoms. The number of para-hydroxylation sites is 1. The van der Waals surface area contributed by atoms with Gasteiger partial charge in [-0.15, -0.1) is 0 Å². The van der Waals surface area contributed by atoms with Crippen LogP contribution in [0.15, 0.2) is 28.7 Å². The lowest BCUT2D eigenvalue weighted by molar-refractivity contribution is -0.144. The minimum Gasteiger partial charge on any atom is -0.480 e. The second-order valence-corrected chi connectivity index (χ2v) is 5.07. The summed E-state index contributed by atoms with van der Waals surface area (Å²) >= 11 is 3.23. The van der Waals surface area contributed by atoms with Crippen LogP contribution in [0.1, 0.15) is 13.3 Å². The van der Waals surface area contributed by atoms with E-state index in [1.807, 2.05) is 5.32 Å². The standard InChI is InChI=1S/C13H14BrF2NO4/c1-7(21-10-5-3-2-4-8(10)14)12(18)17-9(13(19)20)6-11(15)16/h2-5,7,9,11H,6H2,1H3,(H,17,18)(H,19,20). The molecule has 5 nitrogen and oxygen atoms in total. The van der Waals surface area contributed by atoms with Crippen molar-refractivity contribution >= 4 is 27.8 Å². The SMILES string of the molecule is CC(Oc1ccccc1Br)C(=O)NC(CC(F)F)C(=O)O. The Morgan fingerprint density at radius 1 is 1.38 bits per heavy atom. The van der Waals surface area contributed by atoms with Gasteiger partial charge >= 0.3 is 5.97 Å². The lowest BCUT2D eigenvalue weighted by Gasteiger charge is -2.19. The van der Waals surface area contributed by atoms with Crippen LogP contribution in [0.4, 0.5) is 8.78 Å². The summed E-state index contributed by atoms with van der Waals surface area (Å²) in [5, 5.41) is 10.8. The van der Waals surface area contributed by atoms with Gasteiger partial charge in [-0.25, -0.2) is 13.6 Å². The van der Waals surface area contributed by atoms with E-state index in [1.54, 1.807) is 24.3 Å². The number of amides is 1. The van der Waals surface area contributed by atoms with Gasteiger partial charge in [0.25, 0.3) is 5.91 Å². The van der Waals surface area contributed by atoms with Crippen LogP contribution in [0.25, 0.3) is 0 Å². The minimum atomic E-state index is -2.83. The molecule has 21 heavy (non-hydrogen) atoms. The third-order valence-corrected chi connectivity index (χ3v) is 3.19. The Morgan fingerprint density at radius 3 is 2.52 bits per heavy atom. The Hall–Kier alpha value is -1.70. The highest BCUT2D eigenvalue weighted by Crippen LogP contribution is 2.24. The molecule has 0 radical (unpaired) electrons. The number of hydrogen-bond acceptors (Lipinski definition) is 3. The number of halogens is 3. The van der Waals surface area contributed by atoms with Crippen molar-refractivity contribution in [2.75, 3.05) is 0 Å². The van der Waals surface area contributed by atoms with E-state index in [0.29, 0.717) is 10.2 Å². The zero-order valence-electron chi connectivity index (χ0n) is 11.1. The molecular weight excluding hydrogens is 352 g/mol. The van der Waals surface area contributed by atoms with Crippen molar-refractivity contribution in [1.82, 2.24) is 5.32 Å². The van der Waals surface area contributed by atoms with Crippen LogP contribution < -0.4 is 10.1 Å². The molecule has 0 aliphatic heterocycles. The number of alkyl halides is 2. The summed E-state index contributed by atoms with van der Waals surface area (Å²) in [5.74, 6) is -1.91. The van der Waals surface area contributed by atoms with E-state index in [4.69, 9.17) is 9.84 Å². The van der Waals surface area contributed by atoms with Crippen LogP contribution in [-0.2, 0) is 9.59 Å². The van der Waals surface area contributed by atoms with Crippen molar-refractivity contribution in [3.8, 4) is 5.75 Å².